The SMILES string of the molecule is Cc1ccncc1-c1cc2c(C3=CCc4c(cncc4-c4ccc(F)cc4)N3)n[nH]c2cn1. The molecule has 5 heterocycles. The summed E-state index contributed by atoms with van der Waals surface area (Å²) < 4.78 is 13.4. The van der Waals surface area contributed by atoms with Crippen LogP contribution in [0.15, 0.2) is 73.5 Å². The Morgan fingerprint density at radius 1 is 0.939 bits per heavy atom. The van der Waals surface area contributed by atoms with Crippen LogP contribution in [0.5, 0.6) is 0 Å². The molecule has 6 rings (SSSR count). The molecule has 6 nitrogen and oxygen atoms in total. The molecule has 4 aromatic heterocycles. The fourth-order valence-electron chi connectivity index (χ4n) is 4.25. The maximum atomic E-state index is 13.4. The molecule has 0 saturated heterocycles. The maximum absolute atomic E-state index is 13.4. The van der Waals surface area contributed by atoms with Gasteiger partial charge in [0.2, 0.25) is 0 Å². The first-order valence-corrected chi connectivity index (χ1v) is 10.6. The van der Waals surface area contributed by atoms with Gasteiger partial charge in [-0.15, -0.1) is 0 Å². The van der Waals surface area contributed by atoms with Crippen molar-refractivity contribution >= 4 is 22.3 Å². The van der Waals surface area contributed by atoms with Crippen LogP contribution in [0.25, 0.3) is 39.0 Å². The van der Waals surface area contributed by atoms with Gasteiger partial charge in [-0.2, -0.15) is 5.10 Å². The fourth-order valence-corrected chi connectivity index (χ4v) is 4.25. The van der Waals surface area contributed by atoms with Crippen molar-refractivity contribution in [3.05, 3.63) is 96.1 Å². The van der Waals surface area contributed by atoms with Gasteiger partial charge in [0.15, 0.2) is 0 Å². The molecule has 1 aromatic carbocycles. The molecular formula is C26H19FN6. The minimum atomic E-state index is -0.252. The fraction of sp³-hybridized carbons (Fsp3) is 0.0769. The van der Waals surface area contributed by atoms with E-state index in [-0.39, 0.29) is 5.82 Å². The molecule has 0 saturated carbocycles. The Bertz CT molecular complexity index is 1530. The van der Waals surface area contributed by atoms with Crippen LogP contribution >= 0.6 is 0 Å². The number of benzene rings is 1. The molecule has 0 spiro atoms. The Labute approximate surface area is 189 Å². The first-order chi connectivity index (χ1) is 16.2. The lowest BCUT2D eigenvalue weighted by Crippen LogP contribution is -2.09. The Morgan fingerprint density at radius 3 is 2.64 bits per heavy atom. The molecule has 1 aliphatic heterocycles. The second kappa shape index (κ2) is 7.63. The van der Waals surface area contributed by atoms with Gasteiger partial charge in [0.1, 0.15) is 11.5 Å². The van der Waals surface area contributed by atoms with E-state index in [2.05, 4.69) is 36.5 Å². The second-order valence-electron chi connectivity index (χ2n) is 8.04. The van der Waals surface area contributed by atoms with Crippen LogP contribution in [-0.2, 0) is 6.42 Å². The van der Waals surface area contributed by atoms with E-state index >= 15 is 0 Å². The lowest BCUT2D eigenvalue weighted by molar-refractivity contribution is 0.628. The third kappa shape index (κ3) is 3.34. The molecule has 1 aliphatic rings. The third-order valence-corrected chi connectivity index (χ3v) is 6.01. The largest absolute Gasteiger partial charge is 0.352 e. The van der Waals surface area contributed by atoms with Gasteiger partial charge in [-0.3, -0.25) is 20.1 Å². The van der Waals surface area contributed by atoms with Gasteiger partial charge in [0.05, 0.1) is 35.0 Å². The number of anilines is 1. The predicted molar refractivity (Wildman–Crippen MR) is 127 cm³/mol. The van der Waals surface area contributed by atoms with Gasteiger partial charge < -0.3 is 5.32 Å². The van der Waals surface area contributed by atoms with Crippen LogP contribution in [0.1, 0.15) is 16.8 Å². The average molecular weight is 434 g/mol. The van der Waals surface area contributed by atoms with Crippen molar-refractivity contribution in [3.63, 3.8) is 0 Å². The molecule has 0 unspecified atom stereocenters. The van der Waals surface area contributed by atoms with Crippen LogP contribution in [-0.4, -0.2) is 25.1 Å². The third-order valence-electron chi connectivity index (χ3n) is 6.01. The number of aromatic nitrogens is 5. The number of pyridine rings is 3. The summed E-state index contributed by atoms with van der Waals surface area (Å²) in [6, 6.07) is 10.5. The molecule has 0 amide bonds. The predicted octanol–water partition coefficient (Wildman–Crippen LogP) is 5.54. The molecule has 0 fully saturated rings. The van der Waals surface area contributed by atoms with E-state index in [9.17, 15) is 4.39 Å². The van der Waals surface area contributed by atoms with E-state index in [1.54, 1.807) is 24.5 Å². The quantitative estimate of drug-likeness (QED) is 0.390. The van der Waals surface area contributed by atoms with Crippen molar-refractivity contribution in [2.45, 2.75) is 13.3 Å². The van der Waals surface area contributed by atoms with E-state index in [0.29, 0.717) is 6.42 Å². The zero-order valence-corrected chi connectivity index (χ0v) is 17.8. The molecule has 0 bridgehead atoms. The van der Waals surface area contributed by atoms with Crippen molar-refractivity contribution in [3.8, 4) is 22.4 Å². The number of aryl methyl sites for hydroxylation is 1. The Kier molecular flexibility index (Phi) is 4.47. The highest BCUT2D eigenvalue weighted by Crippen LogP contribution is 2.36. The van der Waals surface area contributed by atoms with Gasteiger partial charge in [-0.25, -0.2) is 4.39 Å². The highest BCUT2D eigenvalue weighted by molar-refractivity contribution is 5.96. The van der Waals surface area contributed by atoms with Gasteiger partial charge in [0, 0.05) is 35.1 Å². The summed E-state index contributed by atoms with van der Waals surface area (Å²) in [5.74, 6) is -0.252. The number of allylic oxidation sites excluding steroid dienone is 1. The standard InChI is InChI=1S/C26H19FN6/c1-15-8-9-28-11-20(15)23-10-19-25(14-30-23)32-33-26(19)22-7-6-18-21(12-29-13-24(18)31-22)16-2-4-17(27)5-3-16/h2-5,7-14,31H,6H2,1H3,(H,32,33). The number of fused-ring (bicyclic) bond motifs is 2. The van der Waals surface area contributed by atoms with Crippen LogP contribution in [0.2, 0.25) is 0 Å². The van der Waals surface area contributed by atoms with Crippen molar-refractivity contribution in [2.24, 2.45) is 0 Å². The summed E-state index contributed by atoms with van der Waals surface area (Å²) in [6.07, 6.45) is 11.9. The summed E-state index contributed by atoms with van der Waals surface area (Å²) in [7, 11) is 0. The molecular weight excluding hydrogens is 415 g/mol. The number of nitrogens with one attached hydrogen (secondary N) is 2. The number of nitrogens with zero attached hydrogens (tertiary/aromatic N) is 4. The number of halogens is 1. The van der Waals surface area contributed by atoms with Gasteiger partial charge in [0.25, 0.3) is 0 Å². The lowest BCUT2D eigenvalue weighted by Gasteiger charge is -2.21. The van der Waals surface area contributed by atoms with E-state index in [1.165, 1.54) is 12.1 Å². The normalized spacial score (nSPS) is 12.8. The monoisotopic (exact) mass is 434 g/mol. The van der Waals surface area contributed by atoms with Crippen molar-refractivity contribution in [2.75, 3.05) is 5.32 Å². The topological polar surface area (TPSA) is 79.4 Å². The summed E-state index contributed by atoms with van der Waals surface area (Å²) in [5, 5.41) is 12.1. The van der Waals surface area contributed by atoms with Crippen LogP contribution in [0, 0.1) is 12.7 Å². The van der Waals surface area contributed by atoms with E-state index in [0.717, 1.165) is 61.5 Å². The smallest absolute Gasteiger partial charge is 0.123 e. The zero-order chi connectivity index (χ0) is 22.4. The molecule has 7 heteroatoms. The highest BCUT2D eigenvalue weighted by Gasteiger charge is 2.20. The first kappa shape index (κ1) is 19.3. The summed E-state index contributed by atoms with van der Waals surface area (Å²) >= 11 is 0. The minimum Gasteiger partial charge on any atom is -0.352 e. The van der Waals surface area contributed by atoms with Crippen LogP contribution in [0.3, 0.4) is 0 Å². The zero-order valence-electron chi connectivity index (χ0n) is 17.8. The molecule has 2 N–H and O–H groups in total. The Balaban J connectivity index is 1.39. The highest BCUT2D eigenvalue weighted by atomic mass is 19.1. The van der Waals surface area contributed by atoms with E-state index in [1.807, 2.05) is 37.6 Å². The molecule has 0 radical (unpaired) electrons. The molecule has 0 aliphatic carbocycles. The number of hydrogen-bond acceptors (Lipinski definition) is 5. The van der Waals surface area contributed by atoms with Gasteiger partial charge >= 0.3 is 0 Å². The molecule has 160 valence electrons. The van der Waals surface area contributed by atoms with Crippen molar-refractivity contribution in [1.82, 2.24) is 25.1 Å². The summed E-state index contributed by atoms with van der Waals surface area (Å²) in [5.41, 5.74) is 9.53. The van der Waals surface area contributed by atoms with Gasteiger partial charge in [-0.05, 0) is 54.3 Å². The molecule has 5 aromatic rings. The van der Waals surface area contributed by atoms with Gasteiger partial charge in [-0.1, -0.05) is 18.2 Å². The first-order valence-electron chi connectivity index (χ1n) is 10.6. The van der Waals surface area contributed by atoms with E-state index in [4.69, 9.17) is 0 Å². The summed E-state index contributed by atoms with van der Waals surface area (Å²) in [6.45, 7) is 2.05. The maximum Gasteiger partial charge on any atom is 0.123 e. The average Bonchev–Trinajstić information content (AvgIpc) is 3.27. The second-order valence-corrected chi connectivity index (χ2v) is 8.04. The molecule has 0 atom stereocenters. The van der Waals surface area contributed by atoms with Crippen LogP contribution < -0.4 is 5.32 Å². The summed E-state index contributed by atoms with van der Waals surface area (Å²) in [4.78, 5) is 13.3. The number of rotatable bonds is 3. The number of H-pyrrole nitrogens is 1. The molecule has 33 heavy (non-hydrogen) atoms. The number of hydrogen-bond donors (Lipinski definition) is 2. The van der Waals surface area contributed by atoms with Crippen LogP contribution in [0.4, 0.5) is 10.1 Å². The Morgan fingerprint density at radius 2 is 1.79 bits per heavy atom. The Hall–Kier alpha value is -4.39. The van der Waals surface area contributed by atoms with Crippen molar-refractivity contribution < 1.29 is 4.39 Å². The lowest BCUT2D eigenvalue weighted by atomic mass is 9.95. The minimum absolute atomic E-state index is 0.252. The van der Waals surface area contributed by atoms with Crippen molar-refractivity contribution in [1.29, 1.82) is 0 Å². The number of aromatic amines is 1. The van der Waals surface area contributed by atoms with E-state index < -0.39 is 0 Å².